The third-order valence-electron chi connectivity index (χ3n) is 6.34. The number of benzene rings is 4. The highest BCUT2D eigenvalue weighted by Crippen LogP contribution is 2.25. The van der Waals surface area contributed by atoms with Gasteiger partial charge in [0.05, 0.1) is 27.9 Å². The molecule has 200 valence electrons. The monoisotopic (exact) mass is 541 g/mol. The molecule has 0 heterocycles. The molecule has 4 rings (SSSR count). The number of rotatable bonds is 10. The van der Waals surface area contributed by atoms with Gasteiger partial charge in [0.25, 0.3) is 15.9 Å². The van der Waals surface area contributed by atoms with Gasteiger partial charge in [-0.3, -0.25) is 13.9 Å². The van der Waals surface area contributed by atoms with E-state index in [0.29, 0.717) is 11.4 Å². The maximum absolute atomic E-state index is 13.6. The molecule has 2 amide bonds. The van der Waals surface area contributed by atoms with E-state index < -0.39 is 22.5 Å². The van der Waals surface area contributed by atoms with Crippen molar-refractivity contribution >= 4 is 33.2 Å². The molecule has 0 unspecified atom stereocenters. The number of nitrogens with one attached hydrogen (secondary N) is 2. The van der Waals surface area contributed by atoms with Crippen molar-refractivity contribution in [2.24, 2.45) is 0 Å². The number of carbonyl (C=O) groups is 2. The van der Waals surface area contributed by atoms with E-state index in [1.165, 1.54) is 12.1 Å². The largest absolute Gasteiger partial charge is 0.345 e. The molecule has 0 saturated carbocycles. The summed E-state index contributed by atoms with van der Waals surface area (Å²) in [5.41, 5.74) is 2.93. The van der Waals surface area contributed by atoms with Gasteiger partial charge < -0.3 is 10.6 Å². The zero-order chi connectivity index (χ0) is 27.8. The number of carbonyl (C=O) groups excluding carboxylic acids is 2. The van der Waals surface area contributed by atoms with Crippen LogP contribution in [0.3, 0.4) is 0 Å². The summed E-state index contributed by atoms with van der Waals surface area (Å²) in [6.45, 7) is 3.42. The molecule has 39 heavy (non-hydrogen) atoms. The lowest BCUT2D eigenvalue weighted by atomic mass is 10.1. The first kappa shape index (κ1) is 27.6. The maximum atomic E-state index is 13.6. The fourth-order valence-corrected chi connectivity index (χ4v) is 5.58. The SMILES string of the molecule is CCc1ccc(N(CC(=O)Nc2ccccc2C(=O)N[C@@H](C)c2ccccc2)S(=O)(=O)c2ccccc2)cc1. The minimum atomic E-state index is -4.04. The number of hydrogen-bond donors (Lipinski definition) is 2. The number of anilines is 2. The molecule has 0 aliphatic heterocycles. The van der Waals surface area contributed by atoms with Gasteiger partial charge in [-0.1, -0.05) is 79.7 Å². The topological polar surface area (TPSA) is 95.6 Å². The summed E-state index contributed by atoms with van der Waals surface area (Å²) >= 11 is 0. The van der Waals surface area contributed by atoms with Crippen molar-refractivity contribution < 1.29 is 18.0 Å². The lowest BCUT2D eigenvalue weighted by molar-refractivity contribution is -0.114. The molecule has 0 fully saturated rings. The van der Waals surface area contributed by atoms with Crippen molar-refractivity contribution in [1.29, 1.82) is 0 Å². The van der Waals surface area contributed by atoms with E-state index in [1.54, 1.807) is 54.6 Å². The second kappa shape index (κ2) is 12.4. The first-order chi connectivity index (χ1) is 18.8. The molecule has 0 aliphatic carbocycles. The van der Waals surface area contributed by atoms with Crippen molar-refractivity contribution in [3.63, 3.8) is 0 Å². The third kappa shape index (κ3) is 6.72. The Morgan fingerprint density at radius 2 is 1.38 bits per heavy atom. The number of aryl methyl sites for hydroxylation is 1. The molecule has 0 radical (unpaired) electrons. The number of nitrogens with zero attached hydrogens (tertiary/aromatic N) is 1. The average molecular weight is 542 g/mol. The van der Waals surface area contributed by atoms with Crippen LogP contribution in [0.2, 0.25) is 0 Å². The van der Waals surface area contributed by atoms with Crippen LogP contribution < -0.4 is 14.9 Å². The smallest absolute Gasteiger partial charge is 0.264 e. The molecule has 0 aromatic heterocycles. The molecule has 2 N–H and O–H groups in total. The van der Waals surface area contributed by atoms with Crippen LogP contribution in [-0.2, 0) is 21.2 Å². The van der Waals surface area contributed by atoms with Crippen LogP contribution in [0.5, 0.6) is 0 Å². The van der Waals surface area contributed by atoms with E-state index in [9.17, 15) is 18.0 Å². The number of para-hydroxylation sites is 1. The molecule has 4 aromatic rings. The lowest BCUT2D eigenvalue weighted by Crippen LogP contribution is -2.38. The maximum Gasteiger partial charge on any atom is 0.264 e. The average Bonchev–Trinajstić information content (AvgIpc) is 2.97. The van der Waals surface area contributed by atoms with Gasteiger partial charge in [0.15, 0.2) is 0 Å². The quantitative estimate of drug-likeness (QED) is 0.274. The molecule has 0 aliphatic rings. The minimum absolute atomic E-state index is 0.0760. The van der Waals surface area contributed by atoms with Crippen LogP contribution in [0.25, 0.3) is 0 Å². The van der Waals surface area contributed by atoms with E-state index >= 15 is 0 Å². The van der Waals surface area contributed by atoms with E-state index in [4.69, 9.17) is 0 Å². The van der Waals surface area contributed by atoms with E-state index in [-0.39, 0.29) is 22.4 Å². The Bertz CT molecular complexity index is 1520. The molecule has 4 aromatic carbocycles. The fraction of sp³-hybridized carbons (Fsp3) is 0.161. The van der Waals surface area contributed by atoms with Crippen LogP contribution in [-0.4, -0.2) is 26.8 Å². The van der Waals surface area contributed by atoms with Crippen molar-refractivity contribution in [2.75, 3.05) is 16.2 Å². The second-order valence-corrected chi connectivity index (χ2v) is 10.9. The summed E-state index contributed by atoms with van der Waals surface area (Å²) in [7, 11) is -4.04. The second-order valence-electron chi connectivity index (χ2n) is 9.04. The zero-order valence-electron chi connectivity index (χ0n) is 21.9. The van der Waals surface area contributed by atoms with Gasteiger partial charge in [-0.2, -0.15) is 0 Å². The van der Waals surface area contributed by atoms with Gasteiger partial charge in [0.1, 0.15) is 6.54 Å². The Balaban J connectivity index is 1.57. The predicted octanol–water partition coefficient (Wildman–Crippen LogP) is 5.57. The third-order valence-corrected chi connectivity index (χ3v) is 8.13. The molecule has 7 nitrogen and oxygen atoms in total. The van der Waals surface area contributed by atoms with Gasteiger partial charge in [-0.15, -0.1) is 0 Å². The summed E-state index contributed by atoms with van der Waals surface area (Å²) in [5.74, 6) is -0.934. The summed E-state index contributed by atoms with van der Waals surface area (Å²) in [6, 6.07) is 31.0. The summed E-state index contributed by atoms with van der Waals surface area (Å²) in [4.78, 5) is 26.5. The first-order valence-electron chi connectivity index (χ1n) is 12.7. The predicted molar refractivity (Wildman–Crippen MR) is 154 cm³/mol. The van der Waals surface area contributed by atoms with Crippen molar-refractivity contribution in [3.8, 4) is 0 Å². The molecular formula is C31H31N3O4S. The first-order valence-corrected chi connectivity index (χ1v) is 14.1. The molecule has 0 spiro atoms. The lowest BCUT2D eigenvalue weighted by Gasteiger charge is -2.24. The summed E-state index contributed by atoms with van der Waals surface area (Å²) in [5, 5.41) is 5.70. The Morgan fingerprint density at radius 1 is 0.795 bits per heavy atom. The molecule has 0 bridgehead atoms. The van der Waals surface area contributed by atoms with E-state index in [1.807, 2.05) is 56.3 Å². The summed E-state index contributed by atoms with van der Waals surface area (Å²) in [6.07, 6.45) is 0.800. The van der Waals surface area contributed by atoms with Crippen LogP contribution >= 0.6 is 0 Å². The van der Waals surface area contributed by atoms with Gasteiger partial charge in [0, 0.05) is 0 Å². The van der Waals surface area contributed by atoms with Gasteiger partial charge >= 0.3 is 0 Å². The molecular weight excluding hydrogens is 510 g/mol. The molecule has 8 heteroatoms. The zero-order valence-corrected chi connectivity index (χ0v) is 22.7. The Labute approximate surface area is 229 Å². The highest BCUT2D eigenvalue weighted by Gasteiger charge is 2.27. The molecule has 1 atom stereocenters. The highest BCUT2D eigenvalue weighted by molar-refractivity contribution is 7.92. The number of hydrogen-bond acceptors (Lipinski definition) is 4. The Morgan fingerprint density at radius 3 is 2.03 bits per heavy atom. The standard InChI is InChI=1S/C31H31N3O4S/c1-3-24-18-20-26(21-19-24)34(39(37,38)27-14-8-5-9-15-27)22-30(35)33-29-17-11-10-16-28(29)31(36)32-23(2)25-12-6-4-7-13-25/h4-21,23H,3,22H2,1-2H3,(H,32,36)(H,33,35)/t23-/m0/s1. The molecule has 0 saturated heterocycles. The fourth-order valence-electron chi connectivity index (χ4n) is 4.14. The van der Waals surface area contributed by atoms with Crippen molar-refractivity contribution in [3.05, 3.63) is 126 Å². The van der Waals surface area contributed by atoms with Crippen molar-refractivity contribution in [2.45, 2.75) is 31.2 Å². The number of amides is 2. The van der Waals surface area contributed by atoms with E-state index in [2.05, 4.69) is 10.6 Å². The van der Waals surface area contributed by atoms with Crippen LogP contribution in [0.15, 0.2) is 114 Å². The van der Waals surface area contributed by atoms with E-state index in [0.717, 1.165) is 21.9 Å². The summed E-state index contributed by atoms with van der Waals surface area (Å²) < 4.78 is 28.3. The van der Waals surface area contributed by atoms with Gasteiger partial charge in [0.2, 0.25) is 5.91 Å². The Kier molecular flexibility index (Phi) is 8.78. The Hall–Kier alpha value is -4.43. The normalized spacial score (nSPS) is 11.8. The minimum Gasteiger partial charge on any atom is -0.345 e. The van der Waals surface area contributed by atoms with Gasteiger partial charge in [-0.25, -0.2) is 8.42 Å². The highest BCUT2D eigenvalue weighted by atomic mass is 32.2. The van der Waals surface area contributed by atoms with Crippen LogP contribution in [0, 0.1) is 0 Å². The number of sulfonamides is 1. The van der Waals surface area contributed by atoms with Crippen LogP contribution in [0.1, 0.15) is 41.4 Å². The van der Waals surface area contributed by atoms with Crippen molar-refractivity contribution in [1.82, 2.24) is 5.32 Å². The van der Waals surface area contributed by atoms with Gasteiger partial charge in [-0.05, 0) is 60.9 Å². The van der Waals surface area contributed by atoms with Crippen LogP contribution in [0.4, 0.5) is 11.4 Å².